The van der Waals surface area contributed by atoms with Crippen molar-refractivity contribution in [1.29, 1.82) is 0 Å². The molecule has 3 aromatic rings. The molecular weight excluding hydrogens is 412 g/mol. The number of carbonyl (C=O) groups is 1. The Kier molecular flexibility index (Phi) is 6.41. The van der Waals surface area contributed by atoms with Crippen LogP contribution in [0, 0.1) is 0 Å². The largest absolute Gasteiger partial charge is 0.497 e. The molecular formula is C21H19ClN2O4S. The van der Waals surface area contributed by atoms with Crippen molar-refractivity contribution >= 4 is 33.2 Å². The molecule has 0 aliphatic rings. The lowest BCUT2D eigenvalue weighted by Crippen LogP contribution is -2.23. The fourth-order valence-corrected chi connectivity index (χ4v) is 4.18. The number of amides is 1. The van der Waals surface area contributed by atoms with Crippen molar-refractivity contribution in [3.05, 3.63) is 88.9 Å². The maximum atomic E-state index is 12.7. The molecule has 0 saturated heterocycles. The van der Waals surface area contributed by atoms with Crippen LogP contribution < -0.4 is 14.8 Å². The molecule has 0 aliphatic carbocycles. The number of sulfonamides is 1. The minimum Gasteiger partial charge on any atom is -0.497 e. The van der Waals surface area contributed by atoms with Gasteiger partial charge in [-0.1, -0.05) is 41.9 Å². The summed E-state index contributed by atoms with van der Waals surface area (Å²) >= 11 is 6.09. The third-order valence-electron chi connectivity index (χ3n) is 4.12. The van der Waals surface area contributed by atoms with E-state index >= 15 is 0 Å². The van der Waals surface area contributed by atoms with Crippen molar-refractivity contribution in [2.45, 2.75) is 11.4 Å². The first-order chi connectivity index (χ1) is 13.9. The van der Waals surface area contributed by atoms with Crippen molar-refractivity contribution in [2.75, 3.05) is 11.8 Å². The Morgan fingerprint density at radius 2 is 1.69 bits per heavy atom. The molecule has 0 saturated carbocycles. The van der Waals surface area contributed by atoms with Crippen molar-refractivity contribution in [1.82, 2.24) is 5.32 Å². The highest BCUT2D eigenvalue weighted by atomic mass is 35.5. The molecule has 3 rings (SSSR count). The average molecular weight is 431 g/mol. The number of anilines is 1. The number of nitrogens with one attached hydrogen (secondary N) is 2. The third kappa shape index (κ3) is 5.28. The number of methoxy groups -OCH3 is 1. The summed E-state index contributed by atoms with van der Waals surface area (Å²) in [4.78, 5) is 12.3. The van der Waals surface area contributed by atoms with Gasteiger partial charge in [0.15, 0.2) is 0 Å². The van der Waals surface area contributed by atoms with Gasteiger partial charge in [0.05, 0.1) is 12.1 Å². The predicted molar refractivity (Wildman–Crippen MR) is 113 cm³/mol. The summed E-state index contributed by atoms with van der Waals surface area (Å²) in [6.07, 6.45) is 0. The minimum absolute atomic E-state index is 0.0279. The molecule has 0 atom stereocenters. The van der Waals surface area contributed by atoms with Crippen molar-refractivity contribution in [2.24, 2.45) is 0 Å². The molecule has 2 N–H and O–H groups in total. The van der Waals surface area contributed by atoms with Gasteiger partial charge in [0, 0.05) is 17.8 Å². The zero-order valence-corrected chi connectivity index (χ0v) is 17.1. The van der Waals surface area contributed by atoms with Crippen LogP contribution in [0.4, 0.5) is 5.69 Å². The lowest BCUT2D eigenvalue weighted by Gasteiger charge is -2.11. The van der Waals surface area contributed by atoms with Crippen LogP contribution in [0.25, 0.3) is 0 Å². The highest BCUT2D eigenvalue weighted by Gasteiger charge is 2.20. The van der Waals surface area contributed by atoms with Crippen LogP contribution in [0.2, 0.25) is 5.02 Å². The second kappa shape index (κ2) is 8.98. The van der Waals surface area contributed by atoms with Gasteiger partial charge in [0.25, 0.3) is 15.9 Å². The molecule has 8 heteroatoms. The van der Waals surface area contributed by atoms with Gasteiger partial charge in [-0.15, -0.1) is 0 Å². The second-order valence-corrected chi connectivity index (χ2v) is 8.21. The monoisotopic (exact) mass is 430 g/mol. The number of halogens is 1. The highest BCUT2D eigenvalue weighted by Crippen LogP contribution is 2.25. The fourth-order valence-electron chi connectivity index (χ4n) is 2.59. The zero-order chi connectivity index (χ0) is 20.9. The van der Waals surface area contributed by atoms with Gasteiger partial charge in [-0.25, -0.2) is 8.42 Å². The summed E-state index contributed by atoms with van der Waals surface area (Å²) < 4.78 is 33.0. The summed E-state index contributed by atoms with van der Waals surface area (Å²) in [7, 11) is -2.37. The van der Waals surface area contributed by atoms with Gasteiger partial charge in [-0.05, 0) is 48.0 Å². The molecule has 0 aliphatic heterocycles. The van der Waals surface area contributed by atoms with Crippen LogP contribution >= 0.6 is 11.6 Å². The second-order valence-electron chi connectivity index (χ2n) is 6.15. The number of para-hydroxylation sites is 1. The van der Waals surface area contributed by atoms with E-state index in [1.165, 1.54) is 18.2 Å². The number of hydrogen-bond donors (Lipinski definition) is 2. The van der Waals surface area contributed by atoms with Gasteiger partial charge < -0.3 is 10.1 Å². The number of rotatable bonds is 7. The number of carbonyl (C=O) groups excluding carboxylic acids is 1. The van der Waals surface area contributed by atoms with E-state index in [1.54, 1.807) is 49.6 Å². The molecule has 0 spiro atoms. The molecule has 0 fully saturated rings. The Balaban J connectivity index is 1.75. The van der Waals surface area contributed by atoms with Gasteiger partial charge in [0.2, 0.25) is 0 Å². The summed E-state index contributed by atoms with van der Waals surface area (Å²) in [5.41, 5.74) is 1.47. The lowest BCUT2D eigenvalue weighted by molar-refractivity contribution is 0.0950. The fraction of sp³-hybridized carbons (Fsp3) is 0.0952. The summed E-state index contributed by atoms with van der Waals surface area (Å²) in [6.45, 7) is 0.288. The average Bonchev–Trinajstić information content (AvgIpc) is 2.73. The smallest absolute Gasteiger partial charge is 0.263 e. The quantitative estimate of drug-likeness (QED) is 0.591. The molecule has 0 heterocycles. The van der Waals surface area contributed by atoms with Crippen LogP contribution in [0.1, 0.15) is 15.9 Å². The van der Waals surface area contributed by atoms with Gasteiger partial charge in [0.1, 0.15) is 10.6 Å². The van der Waals surface area contributed by atoms with Crippen LogP contribution in [-0.4, -0.2) is 21.4 Å². The Labute approximate surface area is 174 Å². The standard InChI is InChI=1S/C21H19ClN2O4S/c1-28-18-10-7-15(8-11-18)14-23-21(25)16-9-12-19(22)20(13-16)29(26,27)24-17-5-3-2-4-6-17/h2-13,24H,14H2,1H3,(H,23,25). The van der Waals surface area contributed by atoms with Crippen LogP contribution in [0.5, 0.6) is 5.75 Å². The first-order valence-corrected chi connectivity index (χ1v) is 10.5. The van der Waals surface area contributed by atoms with Crippen molar-refractivity contribution in [3.63, 3.8) is 0 Å². The van der Waals surface area contributed by atoms with E-state index in [9.17, 15) is 13.2 Å². The topological polar surface area (TPSA) is 84.5 Å². The third-order valence-corrected chi connectivity index (χ3v) is 5.98. The number of ether oxygens (including phenoxy) is 1. The molecule has 3 aromatic carbocycles. The molecule has 150 valence electrons. The SMILES string of the molecule is COc1ccc(CNC(=O)c2ccc(Cl)c(S(=O)(=O)Nc3ccccc3)c2)cc1. The lowest BCUT2D eigenvalue weighted by atomic mass is 10.2. The van der Waals surface area contributed by atoms with Crippen LogP contribution in [-0.2, 0) is 16.6 Å². The molecule has 0 unspecified atom stereocenters. The highest BCUT2D eigenvalue weighted by molar-refractivity contribution is 7.92. The van der Waals surface area contributed by atoms with Gasteiger partial charge in [-0.3, -0.25) is 9.52 Å². The zero-order valence-electron chi connectivity index (χ0n) is 15.6. The van der Waals surface area contributed by atoms with Gasteiger partial charge >= 0.3 is 0 Å². The van der Waals surface area contributed by atoms with E-state index in [0.717, 1.165) is 11.3 Å². The van der Waals surface area contributed by atoms with Crippen molar-refractivity contribution in [3.8, 4) is 5.75 Å². The summed E-state index contributed by atoms with van der Waals surface area (Å²) in [5, 5.41) is 2.79. The molecule has 29 heavy (non-hydrogen) atoms. The Morgan fingerprint density at radius 1 is 1.00 bits per heavy atom. The molecule has 0 bridgehead atoms. The van der Waals surface area contributed by atoms with E-state index in [0.29, 0.717) is 5.69 Å². The molecule has 1 amide bonds. The molecule has 0 aromatic heterocycles. The Hall–Kier alpha value is -3.03. The first-order valence-electron chi connectivity index (χ1n) is 8.67. The minimum atomic E-state index is -3.95. The molecule has 0 radical (unpaired) electrons. The van der Waals surface area contributed by atoms with E-state index in [1.807, 2.05) is 12.1 Å². The number of benzene rings is 3. The van der Waals surface area contributed by atoms with Crippen LogP contribution in [0.3, 0.4) is 0 Å². The maximum Gasteiger partial charge on any atom is 0.263 e. The normalized spacial score (nSPS) is 11.0. The Morgan fingerprint density at radius 3 is 2.34 bits per heavy atom. The summed E-state index contributed by atoms with van der Waals surface area (Å²) in [5.74, 6) is 0.312. The molecule has 6 nitrogen and oxygen atoms in total. The Bertz CT molecular complexity index is 1100. The number of hydrogen-bond acceptors (Lipinski definition) is 4. The maximum absolute atomic E-state index is 12.7. The van der Waals surface area contributed by atoms with Crippen molar-refractivity contribution < 1.29 is 17.9 Å². The van der Waals surface area contributed by atoms with E-state index < -0.39 is 15.9 Å². The van der Waals surface area contributed by atoms with Gasteiger partial charge in [-0.2, -0.15) is 0 Å². The van der Waals surface area contributed by atoms with Crippen LogP contribution in [0.15, 0.2) is 77.7 Å². The van der Waals surface area contributed by atoms with E-state index in [4.69, 9.17) is 16.3 Å². The van der Waals surface area contributed by atoms with E-state index in [-0.39, 0.29) is 22.0 Å². The predicted octanol–water partition coefficient (Wildman–Crippen LogP) is 4.08. The first kappa shape index (κ1) is 20.7. The van der Waals surface area contributed by atoms with E-state index in [2.05, 4.69) is 10.0 Å². The summed E-state index contributed by atoms with van der Waals surface area (Å²) in [6, 6.07) is 19.8.